The van der Waals surface area contributed by atoms with Gasteiger partial charge in [0.15, 0.2) is 0 Å². The molecular formula is C31H42N4O4. The van der Waals surface area contributed by atoms with Gasteiger partial charge < -0.3 is 19.4 Å². The lowest BCUT2D eigenvalue weighted by molar-refractivity contribution is -0.148. The summed E-state index contributed by atoms with van der Waals surface area (Å²) in [6, 6.07) is 14.0. The van der Waals surface area contributed by atoms with E-state index in [4.69, 9.17) is 4.74 Å². The van der Waals surface area contributed by atoms with Crippen molar-refractivity contribution < 1.29 is 19.1 Å². The zero-order valence-electron chi connectivity index (χ0n) is 24.0. The molecule has 39 heavy (non-hydrogen) atoms. The van der Waals surface area contributed by atoms with Crippen LogP contribution in [-0.4, -0.2) is 84.8 Å². The molecule has 2 aliphatic rings. The van der Waals surface area contributed by atoms with Crippen molar-refractivity contribution >= 4 is 23.4 Å². The highest BCUT2D eigenvalue weighted by molar-refractivity contribution is 5.96. The SMILES string of the molecule is COc1ccc(CC(=O)N2CCCN(C(C)C)CCN(C(=O)C3CN(C(C)=O)C3)Cc3cccc(C)c32)cc1. The van der Waals surface area contributed by atoms with E-state index < -0.39 is 0 Å². The predicted molar refractivity (Wildman–Crippen MR) is 153 cm³/mol. The number of aryl methyl sites for hydroxylation is 1. The Morgan fingerprint density at radius 2 is 1.67 bits per heavy atom. The van der Waals surface area contributed by atoms with Crippen molar-refractivity contribution in [1.82, 2.24) is 14.7 Å². The zero-order chi connectivity index (χ0) is 28.1. The largest absolute Gasteiger partial charge is 0.497 e. The van der Waals surface area contributed by atoms with Crippen LogP contribution in [0.25, 0.3) is 0 Å². The third kappa shape index (κ3) is 6.79. The first-order chi connectivity index (χ1) is 18.7. The van der Waals surface area contributed by atoms with Gasteiger partial charge in [0.05, 0.1) is 25.1 Å². The van der Waals surface area contributed by atoms with Gasteiger partial charge in [-0.05, 0) is 56.0 Å². The molecule has 0 unspecified atom stereocenters. The molecule has 0 atom stereocenters. The molecule has 1 saturated heterocycles. The maximum atomic E-state index is 13.8. The summed E-state index contributed by atoms with van der Waals surface area (Å²) in [5.41, 5.74) is 3.85. The quantitative estimate of drug-likeness (QED) is 0.587. The highest BCUT2D eigenvalue weighted by Gasteiger charge is 2.37. The lowest BCUT2D eigenvalue weighted by Crippen LogP contribution is -2.56. The number of fused-ring (bicyclic) bond motifs is 1. The smallest absolute Gasteiger partial charge is 0.231 e. The van der Waals surface area contributed by atoms with Gasteiger partial charge in [0.1, 0.15) is 5.75 Å². The third-order valence-corrected chi connectivity index (χ3v) is 7.97. The Bertz CT molecular complexity index is 1170. The Kier molecular flexibility index (Phi) is 9.28. The molecule has 210 valence electrons. The molecule has 4 rings (SSSR count). The molecule has 0 aliphatic carbocycles. The summed E-state index contributed by atoms with van der Waals surface area (Å²) in [6.45, 7) is 12.2. The van der Waals surface area contributed by atoms with E-state index in [9.17, 15) is 14.4 Å². The summed E-state index contributed by atoms with van der Waals surface area (Å²) in [7, 11) is 1.63. The number of nitrogens with zero attached hydrogens (tertiary/aromatic N) is 4. The van der Waals surface area contributed by atoms with Gasteiger partial charge in [-0.1, -0.05) is 30.3 Å². The van der Waals surface area contributed by atoms with Crippen molar-refractivity contribution in [2.75, 3.05) is 51.3 Å². The summed E-state index contributed by atoms with van der Waals surface area (Å²) < 4.78 is 5.27. The minimum Gasteiger partial charge on any atom is -0.497 e. The second kappa shape index (κ2) is 12.6. The highest BCUT2D eigenvalue weighted by atomic mass is 16.5. The molecule has 3 amide bonds. The molecule has 2 heterocycles. The molecule has 0 N–H and O–H groups in total. The van der Waals surface area contributed by atoms with Crippen molar-refractivity contribution in [3.05, 3.63) is 59.2 Å². The Balaban J connectivity index is 1.64. The van der Waals surface area contributed by atoms with Crippen LogP contribution in [0.2, 0.25) is 0 Å². The monoisotopic (exact) mass is 534 g/mol. The Labute approximate surface area is 232 Å². The summed E-state index contributed by atoms with van der Waals surface area (Å²) in [6.07, 6.45) is 1.13. The number of amides is 3. The van der Waals surface area contributed by atoms with Crippen LogP contribution in [0.1, 0.15) is 43.9 Å². The van der Waals surface area contributed by atoms with Crippen molar-refractivity contribution in [2.45, 2.75) is 53.1 Å². The van der Waals surface area contributed by atoms with E-state index in [0.717, 1.165) is 47.6 Å². The number of carbonyl (C=O) groups is 3. The Morgan fingerprint density at radius 3 is 2.31 bits per heavy atom. The molecule has 2 aromatic carbocycles. The van der Waals surface area contributed by atoms with Gasteiger partial charge in [0, 0.05) is 58.8 Å². The van der Waals surface area contributed by atoms with Gasteiger partial charge in [-0.2, -0.15) is 0 Å². The number of ether oxygens (including phenoxy) is 1. The van der Waals surface area contributed by atoms with Crippen LogP contribution >= 0.6 is 0 Å². The van der Waals surface area contributed by atoms with Crippen LogP contribution in [0.3, 0.4) is 0 Å². The molecule has 0 aromatic heterocycles. The lowest BCUT2D eigenvalue weighted by Gasteiger charge is -2.40. The third-order valence-electron chi connectivity index (χ3n) is 7.97. The number of rotatable bonds is 5. The Morgan fingerprint density at radius 1 is 0.949 bits per heavy atom. The van der Waals surface area contributed by atoms with E-state index in [1.807, 2.05) is 59.2 Å². The maximum Gasteiger partial charge on any atom is 0.231 e. The molecule has 0 bridgehead atoms. The van der Waals surface area contributed by atoms with Crippen molar-refractivity contribution in [3.63, 3.8) is 0 Å². The number of benzene rings is 2. The molecule has 0 saturated carbocycles. The molecule has 2 aromatic rings. The number of hydrogen-bond acceptors (Lipinski definition) is 5. The highest BCUT2D eigenvalue weighted by Crippen LogP contribution is 2.30. The Hall–Kier alpha value is -3.39. The van der Waals surface area contributed by atoms with Crippen LogP contribution in [-0.2, 0) is 27.3 Å². The van der Waals surface area contributed by atoms with Crippen LogP contribution in [0, 0.1) is 12.8 Å². The van der Waals surface area contributed by atoms with Crippen LogP contribution < -0.4 is 9.64 Å². The van der Waals surface area contributed by atoms with Gasteiger partial charge in [0.2, 0.25) is 17.7 Å². The molecule has 0 radical (unpaired) electrons. The number of anilines is 1. The zero-order valence-corrected chi connectivity index (χ0v) is 24.0. The summed E-state index contributed by atoms with van der Waals surface area (Å²) in [4.78, 5) is 47.2. The molecule has 8 nitrogen and oxygen atoms in total. The number of hydrogen-bond donors (Lipinski definition) is 0. The summed E-state index contributed by atoms with van der Waals surface area (Å²) in [5.74, 6) is 0.722. The van der Waals surface area contributed by atoms with E-state index in [1.54, 1.807) is 18.9 Å². The van der Waals surface area contributed by atoms with Gasteiger partial charge in [-0.3, -0.25) is 19.3 Å². The number of likely N-dealkylation sites (tertiary alicyclic amines) is 1. The van der Waals surface area contributed by atoms with E-state index in [-0.39, 0.29) is 30.1 Å². The number of para-hydroxylation sites is 1. The van der Waals surface area contributed by atoms with Gasteiger partial charge >= 0.3 is 0 Å². The fourth-order valence-corrected chi connectivity index (χ4v) is 5.54. The maximum absolute atomic E-state index is 13.8. The summed E-state index contributed by atoms with van der Waals surface area (Å²) in [5, 5.41) is 0. The number of methoxy groups -OCH3 is 1. The van der Waals surface area contributed by atoms with E-state index >= 15 is 0 Å². The molecule has 8 heteroatoms. The van der Waals surface area contributed by atoms with Gasteiger partial charge in [0.25, 0.3) is 0 Å². The minimum atomic E-state index is -0.174. The fourth-order valence-electron chi connectivity index (χ4n) is 5.54. The average Bonchev–Trinajstić information content (AvgIpc) is 2.90. The van der Waals surface area contributed by atoms with Crippen molar-refractivity contribution in [2.24, 2.45) is 5.92 Å². The molecule has 1 fully saturated rings. The molecule has 0 spiro atoms. The molecule has 2 aliphatic heterocycles. The van der Waals surface area contributed by atoms with Crippen LogP contribution in [0.5, 0.6) is 5.75 Å². The van der Waals surface area contributed by atoms with E-state index in [0.29, 0.717) is 38.8 Å². The standard InChI is InChI=1S/C31H42N4O4/c1-22(2)32-14-7-15-35(29(37)18-25-10-12-28(39-5)13-11-25)30-23(3)8-6-9-26(30)19-33(17-16-32)31(38)27-20-34(21-27)24(4)36/h6,8-13,22,27H,7,14-21H2,1-5H3. The summed E-state index contributed by atoms with van der Waals surface area (Å²) >= 11 is 0. The fraction of sp³-hybridized carbons (Fsp3) is 0.516. The minimum absolute atomic E-state index is 0.00876. The topological polar surface area (TPSA) is 73.4 Å². The first-order valence-corrected chi connectivity index (χ1v) is 14.0. The first kappa shape index (κ1) is 28.6. The van der Waals surface area contributed by atoms with Gasteiger partial charge in [-0.15, -0.1) is 0 Å². The van der Waals surface area contributed by atoms with Crippen molar-refractivity contribution in [1.29, 1.82) is 0 Å². The van der Waals surface area contributed by atoms with Crippen molar-refractivity contribution in [3.8, 4) is 5.75 Å². The number of carbonyl (C=O) groups excluding carboxylic acids is 3. The van der Waals surface area contributed by atoms with E-state index in [1.165, 1.54) is 0 Å². The van der Waals surface area contributed by atoms with Crippen LogP contribution in [0.15, 0.2) is 42.5 Å². The van der Waals surface area contributed by atoms with Gasteiger partial charge in [-0.25, -0.2) is 0 Å². The average molecular weight is 535 g/mol. The first-order valence-electron chi connectivity index (χ1n) is 14.0. The van der Waals surface area contributed by atoms with E-state index in [2.05, 4.69) is 18.7 Å². The predicted octanol–water partition coefficient (Wildman–Crippen LogP) is 3.50. The van der Waals surface area contributed by atoms with Crippen LogP contribution in [0.4, 0.5) is 5.69 Å². The second-order valence-corrected chi connectivity index (χ2v) is 11.0. The molecular weight excluding hydrogens is 492 g/mol. The normalized spacial score (nSPS) is 17.3. The lowest BCUT2D eigenvalue weighted by atomic mass is 9.97. The second-order valence-electron chi connectivity index (χ2n) is 11.0.